The fourth-order valence-electron chi connectivity index (χ4n) is 2.89. The summed E-state index contributed by atoms with van der Waals surface area (Å²) in [4.78, 5) is 36.1. The standard InChI is InChI=1S/C21H33N3O4S2/c1-14-5-7-15(8-6-14)12-16(4-3-10-23-20(26)17(22)13-29)19(25)24-18(21(27)28)9-11-30-2/h5-8,16-18,29H,3-4,9-13,22H2,1-2H3,(H,23,26)(H,24,25)(H,27,28)/t16-,17+,18+/m1/s1. The maximum absolute atomic E-state index is 12.9. The molecule has 7 nitrogen and oxygen atoms in total. The molecule has 0 bridgehead atoms. The summed E-state index contributed by atoms with van der Waals surface area (Å²) in [6.07, 6.45) is 3.87. The van der Waals surface area contributed by atoms with Gasteiger partial charge in [-0.05, 0) is 50.2 Å². The van der Waals surface area contributed by atoms with Gasteiger partial charge in [-0.1, -0.05) is 29.8 Å². The van der Waals surface area contributed by atoms with Crippen LogP contribution in [0.15, 0.2) is 24.3 Å². The van der Waals surface area contributed by atoms with E-state index in [0.29, 0.717) is 38.0 Å². The van der Waals surface area contributed by atoms with E-state index in [9.17, 15) is 19.5 Å². The molecule has 1 aromatic rings. The zero-order valence-corrected chi connectivity index (χ0v) is 19.3. The number of amides is 2. The average molecular weight is 456 g/mol. The van der Waals surface area contributed by atoms with Crippen LogP contribution >= 0.6 is 24.4 Å². The number of nitrogens with two attached hydrogens (primary N) is 1. The molecule has 1 rings (SSSR count). The van der Waals surface area contributed by atoms with E-state index in [1.807, 2.05) is 37.4 Å². The fourth-order valence-corrected chi connectivity index (χ4v) is 3.53. The lowest BCUT2D eigenvalue weighted by Gasteiger charge is -2.21. The number of carbonyl (C=O) groups is 3. The highest BCUT2D eigenvalue weighted by molar-refractivity contribution is 7.98. The Morgan fingerprint density at radius 3 is 2.40 bits per heavy atom. The normalized spacial score (nSPS) is 13.9. The van der Waals surface area contributed by atoms with E-state index in [1.54, 1.807) is 0 Å². The first-order chi connectivity index (χ1) is 14.3. The summed E-state index contributed by atoms with van der Waals surface area (Å²) in [5.74, 6) is -1.05. The van der Waals surface area contributed by atoms with Crippen LogP contribution in [0.3, 0.4) is 0 Å². The minimum absolute atomic E-state index is 0.261. The number of thioether (sulfide) groups is 1. The number of carboxylic acid groups (broad SMARTS) is 1. The van der Waals surface area contributed by atoms with Crippen molar-refractivity contribution in [2.75, 3.05) is 24.3 Å². The predicted molar refractivity (Wildman–Crippen MR) is 125 cm³/mol. The van der Waals surface area contributed by atoms with Gasteiger partial charge in [0.2, 0.25) is 11.8 Å². The lowest BCUT2D eigenvalue weighted by atomic mass is 9.93. The van der Waals surface area contributed by atoms with Gasteiger partial charge in [0.05, 0.1) is 6.04 Å². The van der Waals surface area contributed by atoms with Crippen LogP contribution in [-0.2, 0) is 20.8 Å². The molecule has 2 amide bonds. The molecule has 0 unspecified atom stereocenters. The van der Waals surface area contributed by atoms with Gasteiger partial charge in [-0.2, -0.15) is 24.4 Å². The maximum Gasteiger partial charge on any atom is 0.326 e. The molecular formula is C21H33N3O4S2. The molecule has 0 fully saturated rings. The molecule has 3 atom stereocenters. The molecule has 5 N–H and O–H groups in total. The molecule has 0 saturated carbocycles. The lowest BCUT2D eigenvalue weighted by molar-refractivity contribution is -0.142. The Morgan fingerprint density at radius 2 is 1.83 bits per heavy atom. The lowest BCUT2D eigenvalue weighted by Crippen LogP contribution is -2.45. The van der Waals surface area contributed by atoms with Crippen molar-refractivity contribution in [3.63, 3.8) is 0 Å². The van der Waals surface area contributed by atoms with E-state index in [1.165, 1.54) is 11.8 Å². The van der Waals surface area contributed by atoms with Crippen molar-refractivity contribution >= 4 is 42.2 Å². The molecule has 0 aliphatic rings. The monoisotopic (exact) mass is 455 g/mol. The number of rotatable bonds is 14. The molecule has 0 aliphatic heterocycles. The predicted octanol–water partition coefficient (Wildman–Crippen LogP) is 1.63. The van der Waals surface area contributed by atoms with Crippen LogP contribution < -0.4 is 16.4 Å². The number of aliphatic carboxylic acids is 1. The number of carbonyl (C=O) groups excluding carboxylic acids is 2. The van der Waals surface area contributed by atoms with Crippen LogP contribution in [0.4, 0.5) is 0 Å². The van der Waals surface area contributed by atoms with E-state index >= 15 is 0 Å². The van der Waals surface area contributed by atoms with Crippen molar-refractivity contribution in [1.82, 2.24) is 10.6 Å². The Bertz CT molecular complexity index is 685. The van der Waals surface area contributed by atoms with Crippen LogP contribution in [0, 0.1) is 12.8 Å². The number of hydrogen-bond donors (Lipinski definition) is 5. The molecule has 0 aliphatic carbocycles. The van der Waals surface area contributed by atoms with Gasteiger partial charge in [-0.3, -0.25) is 9.59 Å². The zero-order chi connectivity index (χ0) is 22.5. The maximum atomic E-state index is 12.9. The summed E-state index contributed by atoms with van der Waals surface area (Å²) in [6, 6.07) is 6.37. The SMILES string of the molecule is CSCC[C@H](NC(=O)[C@H](CCCNC(=O)[C@@H](N)CS)Cc1ccc(C)cc1)C(=O)O. The molecule has 0 aromatic heterocycles. The summed E-state index contributed by atoms with van der Waals surface area (Å²) < 4.78 is 0. The van der Waals surface area contributed by atoms with Gasteiger partial charge in [0.25, 0.3) is 0 Å². The second-order valence-corrected chi connectivity index (χ2v) is 8.64. The number of carboxylic acids is 1. The van der Waals surface area contributed by atoms with E-state index in [0.717, 1.165) is 11.1 Å². The number of nitrogens with one attached hydrogen (secondary N) is 2. The van der Waals surface area contributed by atoms with Crippen LogP contribution in [0.5, 0.6) is 0 Å². The molecule has 168 valence electrons. The van der Waals surface area contributed by atoms with E-state index in [-0.39, 0.29) is 23.5 Å². The van der Waals surface area contributed by atoms with E-state index in [2.05, 4.69) is 23.3 Å². The summed E-state index contributed by atoms with van der Waals surface area (Å²) in [5, 5.41) is 14.8. The molecule has 0 spiro atoms. The summed E-state index contributed by atoms with van der Waals surface area (Å²) >= 11 is 5.55. The molecule has 30 heavy (non-hydrogen) atoms. The first-order valence-corrected chi connectivity index (χ1v) is 12.0. The van der Waals surface area contributed by atoms with Crippen molar-refractivity contribution in [3.8, 4) is 0 Å². The molecule has 1 aromatic carbocycles. The van der Waals surface area contributed by atoms with Crippen molar-refractivity contribution in [2.24, 2.45) is 11.7 Å². The van der Waals surface area contributed by atoms with Crippen LogP contribution in [0.1, 0.15) is 30.4 Å². The van der Waals surface area contributed by atoms with Crippen LogP contribution in [-0.4, -0.2) is 59.3 Å². The van der Waals surface area contributed by atoms with E-state index < -0.39 is 18.1 Å². The summed E-state index contributed by atoms with van der Waals surface area (Å²) in [5.41, 5.74) is 7.78. The van der Waals surface area contributed by atoms with Gasteiger partial charge in [-0.25, -0.2) is 4.79 Å². The Labute approximate surface area is 188 Å². The van der Waals surface area contributed by atoms with Gasteiger partial charge < -0.3 is 21.5 Å². The van der Waals surface area contributed by atoms with Gasteiger partial charge >= 0.3 is 5.97 Å². The molecule has 0 radical (unpaired) electrons. The molecule has 9 heteroatoms. The third-order valence-electron chi connectivity index (χ3n) is 4.76. The smallest absolute Gasteiger partial charge is 0.326 e. The molecular weight excluding hydrogens is 422 g/mol. The third-order valence-corrected chi connectivity index (χ3v) is 5.80. The van der Waals surface area contributed by atoms with Gasteiger partial charge in [0.15, 0.2) is 0 Å². The Balaban J connectivity index is 2.75. The van der Waals surface area contributed by atoms with Crippen molar-refractivity contribution in [3.05, 3.63) is 35.4 Å². The number of hydrogen-bond acceptors (Lipinski definition) is 6. The molecule has 0 heterocycles. The minimum atomic E-state index is -1.03. The number of aryl methyl sites for hydroxylation is 1. The summed E-state index contributed by atoms with van der Waals surface area (Å²) in [6.45, 7) is 2.39. The van der Waals surface area contributed by atoms with Crippen LogP contribution in [0.25, 0.3) is 0 Å². The Kier molecular flexibility index (Phi) is 12.6. The van der Waals surface area contributed by atoms with Gasteiger partial charge in [-0.15, -0.1) is 0 Å². The minimum Gasteiger partial charge on any atom is -0.480 e. The summed E-state index contributed by atoms with van der Waals surface area (Å²) in [7, 11) is 0. The Morgan fingerprint density at radius 1 is 1.17 bits per heavy atom. The van der Waals surface area contributed by atoms with Gasteiger partial charge in [0.1, 0.15) is 6.04 Å². The average Bonchev–Trinajstić information content (AvgIpc) is 2.73. The highest BCUT2D eigenvalue weighted by Gasteiger charge is 2.25. The largest absolute Gasteiger partial charge is 0.480 e. The van der Waals surface area contributed by atoms with E-state index in [4.69, 9.17) is 5.73 Å². The van der Waals surface area contributed by atoms with Crippen molar-refractivity contribution in [2.45, 2.75) is 44.7 Å². The Hall–Kier alpha value is -1.71. The zero-order valence-electron chi connectivity index (χ0n) is 17.6. The number of benzene rings is 1. The molecule has 0 saturated heterocycles. The third kappa shape index (κ3) is 9.86. The topological polar surface area (TPSA) is 122 Å². The van der Waals surface area contributed by atoms with Crippen LogP contribution in [0.2, 0.25) is 0 Å². The number of thiol groups is 1. The van der Waals surface area contributed by atoms with Gasteiger partial charge in [0, 0.05) is 18.2 Å². The highest BCUT2D eigenvalue weighted by Crippen LogP contribution is 2.16. The van der Waals surface area contributed by atoms with Crippen molar-refractivity contribution in [1.29, 1.82) is 0 Å². The first-order valence-electron chi connectivity index (χ1n) is 10.00. The highest BCUT2D eigenvalue weighted by atomic mass is 32.2. The second-order valence-electron chi connectivity index (χ2n) is 7.29. The second kappa shape index (κ2) is 14.3. The van der Waals surface area contributed by atoms with Crippen molar-refractivity contribution < 1.29 is 19.5 Å². The first kappa shape index (κ1) is 26.3. The fraction of sp³-hybridized carbons (Fsp3) is 0.571. The quantitative estimate of drug-likeness (QED) is 0.215.